The molecule has 1 unspecified atom stereocenters. The zero-order valence-electron chi connectivity index (χ0n) is 22.9. The Balaban J connectivity index is 1.72. The van der Waals surface area contributed by atoms with Crippen molar-refractivity contribution in [1.82, 2.24) is 15.1 Å². The van der Waals surface area contributed by atoms with Crippen LogP contribution in [0.5, 0.6) is 5.75 Å². The van der Waals surface area contributed by atoms with E-state index in [0.29, 0.717) is 32.4 Å². The van der Waals surface area contributed by atoms with E-state index in [-0.39, 0.29) is 42.9 Å². The topological polar surface area (TPSA) is 71.1 Å². The Morgan fingerprint density at radius 3 is 2.42 bits per heavy atom. The minimum atomic E-state index is -0.701. The van der Waals surface area contributed by atoms with Crippen molar-refractivity contribution in [3.05, 3.63) is 65.2 Å². The van der Waals surface area contributed by atoms with Gasteiger partial charge >= 0.3 is 12.1 Å². The molecule has 0 aromatic heterocycles. The van der Waals surface area contributed by atoms with Gasteiger partial charge in [0.15, 0.2) is 0 Å². The molecule has 2 aromatic rings. The first kappa shape index (κ1) is 29.2. The first-order chi connectivity index (χ1) is 17.9. The summed E-state index contributed by atoms with van der Waals surface area (Å²) in [4.78, 5) is 29.3. The number of amides is 3. The van der Waals surface area contributed by atoms with Crippen molar-refractivity contribution in [2.24, 2.45) is 0 Å². The second-order valence-electron chi connectivity index (χ2n) is 10.9. The number of halogens is 2. The number of likely N-dealkylation sites (tertiary alicyclic amines) is 1. The summed E-state index contributed by atoms with van der Waals surface area (Å²) in [6.07, 6.45) is 1.49. The third kappa shape index (κ3) is 8.89. The van der Waals surface area contributed by atoms with Crippen LogP contribution in [-0.4, -0.2) is 52.8 Å². The predicted octanol–water partition coefficient (Wildman–Crippen LogP) is 6.25. The van der Waals surface area contributed by atoms with Crippen LogP contribution in [0, 0.1) is 11.6 Å². The molecule has 0 spiro atoms. The van der Waals surface area contributed by atoms with Gasteiger partial charge in [0.2, 0.25) is 0 Å². The maximum Gasteiger partial charge on any atom is 0.410 e. The number of rotatable bonds is 7. The van der Waals surface area contributed by atoms with E-state index in [0.717, 1.165) is 17.4 Å². The van der Waals surface area contributed by atoms with Gasteiger partial charge in [0.25, 0.3) is 0 Å². The molecule has 2 aromatic carbocycles. The molecule has 1 aliphatic heterocycles. The molecule has 9 heteroatoms. The van der Waals surface area contributed by atoms with Crippen molar-refractivity contribution in [3.63, 3.8) is 0 Å². The van der Waals surface area contributed by atoms with Crippen molar-refractivity contribution in [3.8, 4) is 5.75 Å². The molecule has 0 bridgehead atoms. The number of ether oxygens (including phenoxy) is 2. The zero-order chi connectivity index (χ0) is 27.9. The fraction of sp³-hybridized carbons (Fsp3) is 0.517. The lowest BCUT2D eigenvalue weighted by Crippen LogP contribution is -2.46. The first-order valence-corrected chi connectivity index (χ1v) is 13.1. The molecule has 1 heterocycles. The number of urea groups is 1. The van der Waals surface area contributed by atoms with Crippen molar-refractivity contribution in [2.45, 2.75) is 84.7 Å². The standard InChI is InChI=1S/C29H39F2N3O4/c1-20(2)37-25-12-8-21(9-13-25)18-32-27(35)34(19-22-10-11-23(30)17-26(22)31)24-7-6-15-33(16-14-24)28(36)38-29(3,4)5/h8-13,17,20,24H,6-7,14-16,18-19H2,1-5H3,(H,32,35). The fourth-order valence-electron chi connectivity index (χ4n) is 4.34. The lowest BCUT2D eigenvalue weighted by atomic mass is 10.1. The van der Waals surface area contributed by atoms with Gasteiger partial charge in [0.1, 0.15) is 23.0 Å². The van der Waals surface area contributed by atoms with E-state index < -0.39 is 17.2 Å². The van der Waals surface area contributed by atoms with Crippen LogP contribution in [0.25, 0.3) is 0 Å². The van der Waals surface area contributed by atoms with Crippen LogP contribution >= 0.6 is 0 Å². The minimum Gasteiger partial charge on any atom is -0.491 e. The van der Waals surface area contributed by atoms with Gasteiger partial charge in [0, 0.05) is 37.3 Å². The molecule has 1 atom stereocenters. The molecule has 1 aliphatic rings. The van der Waals surface area contributed by atoms with Gasteiger partial charge in [-0.15, -0.1) is 0 Å². The number of benzene rings is 2. The summed E-state index contributed by atoms with van der Waals surface area (Å²) < 4.78 is 39.2. The molecule has 208 valence electrons. The van der Waals surface area contributed by atoms with Gasteiger partial charge in [-0.3, -0.25) is 0 Å². The highest BCUT2D eigenvalue weighted by Gasteiger charge is 2.30. The normalized spacial score (nSPS) is 16.1. The summed E-state index contributed by atoms with van der Waals surface area (Å²) in [7, 11) is 0. The number of nitrogens with zero attached hydrogens (tertiary/aromatic N) is 2. The monoisotopic (exact) mass is 531 g/mol. The second kappa shape index (κ2) is 12.9. The summed E-state index contributed by atoms with van der Waals surface area (Å²) in [5.41, 5.74) is 0.512. The van der Waals surface area contributed by atoms with E-state index in [1.54, 1.807) is 9.80 Å². The molecule has 1 fully saturated rings. The molecular formula is C29H39F2N3O4. The molecule has 38 heavy (non-hydrogen) atoms. The van der Waals surface area contributed by atoms with E-state index in [2.05, 4.69) is 5.32 Å². The molecule has 3 rings (SSSR count). The lowest BCUT2D eigenvalue weighted by molar-refractivity contribution is 0.0254. The number of carbonyl (C=O) groups excluding carboxylic acids is 2. The SMILES string of the molecule is CC(C)Oc1ccc(CNC(=O)N(Cc2ccc(F)cc2F)C2CCCN(C(=O)OC(C)(C)C)CC2)cc1. The summed E-state index contributed by atoms with van der Waals surface area (Å²) in [6.45, 7) is 10.5. The molecule has 0 saturated carbocycles. The molecular weight excluding hydrogens is 492 g/mol. The maximum absolute atomic E-state index is 14.5. The van der Waals surface area contributed by atoms with Crippen molar-refractivity contribution in [1.29, 1.82) is 0 Å². The van der Waals surface area contributed by atoms with Crippen LogP contribution in [0.4, 0.5) is 18.4 Å². The Hall–Kier alpha value is -3.36. The average molecular weight is 532 g/mol. The molecule has 1 N–H and O–H groups in total. The van der Waals surface area contributed by atoms with E-state index in [9.17, 15) is 18.4 Å². The van der Waals surface area contributed by atoms with Crippen LogP contribution in [-0.2, 0) is 17.8 Å². The van der Waals surface area contributed by atoms with Gasteiger partial charge in [-0.05, 0) is 77.6 Å². The largest absolute Gasteiger partial charge is 0.491 e. The van der Waals surface area contributed by atoms with Crippen LogP contribution < -0.4 is 10.1 Å². The lowest BCUT2D eigenvalue weighted by Gasteiger charge is -2.32. The zero-order valence-corrected chi connectivity index (χ0v) is 22.9. The summed E-state index contributed by atoms with van der Waals surface area (Å²) in [5.74, 6) is -0.626. The van der Waals surface area contributed by atoms with Crippen LogP contribution in [0.2, 0.25) is 0 Å². The van der Waals surface area contributed by atoms with Gasteiger partial charge in [0.05, 0.1) is 12.6 Å². The van der Waals surface area contributed by atoms with Gasteiger partial charge in [-0.1, -0.05) is 18.2 Å². The van der Waals surface area contributed by atoms with Crippen molar-refractivity contribution < 1.29 is 27.8 Å². The van der Waals surface area contributed by atoms with Crippen LogP contribution in [0.15, 0.2) is 42.5 Å². The molecule has 3 amide bonds. The van der Waals surface area contributed by atoms with E-state index in [1.807, 2.05) is 58.9 Å². The van der Waals surface area contributed by atoms with E-state index in [4.69, 9.17) is 9.47 Å². The predicted molar refractivity (Wildman–Crippen MR) is 142 cm³/mol. The van der Waals surface area contributed by atoms with Crippen molar-refractivity contribution in [2.75, 3.05) is 13.1 Å². The highest BCUT2D eigenvalue weighted by atomic mass is 19.1. The number of nitrogens with one attached hydrogen (secondary N) is 1. The quantitative estimate of drug-likeness (QED) is 0.458. The van der Waals surface area contributed by atoms with Crippen LogP contribution in [0.1, 0.15) is 65.0 Å². The third-order valence-electron chi connectivity index (χ3n) is 6.15. The smallest absolute Gasteiger partial charge is 0.410 e. The summed E-state index contributed by atoms with van der Waals surface area (Å²) in [5, 5.41) is 2.94. The Morgan fingerprint density at radius 2 is 1.79 bits per heavy atom. The Morgan fingerprint density at radius 1 is 1.08 bits per heavy atom. The highest BCUT2D eigenvalue weighted by Crippen LogP contribution is 2.23. The molecule has 1 saturated heterocycles. The second-order valence-corrected chi connectivity index (χ2v) is 10.9. The molecule has 0 aliphatic carbocycles. The summed E-state index contributed by atoms with van der Waals surface area (Å²) >= 11 is 0. The van der Waals surface area contributed by atoms with E-state index in [1.165, 1.54) is 12.1 Å². The third-order valence-corrected chi connectivity index (χ3v) is 6.15. The van der Waals surface area contributed by atoms with E-state index >= 15 is 0 Å². The molecule has 0 radical (unpaired) electrons. The maximum atomic E-state index is 14.5. The highest BCUT2D eigenvalue weighted by molar-refractivity contribution is 5.74. The number of hydrogen-bond donors (Lipinski definition) is 1. The Kier molecular flexibility index (Phi) is 9.94. The number of carbonyl (C=O) groups is 2. The van der Waals surface area contributed by atoms with Crippen molar-refractivity contribution >= 4 is 12.1 Å². The molecule has 7 nitrogen and oxygen atoms in total. The Bertz CT molecular complexity index is 1090. The fourth-order valence-corrected chi connectivity index (χ4v) is 4.34. The Labute approximate surface area is 224 Å². The average Bonchev–Trinajstić information content (AvgIpc) is 3.08. The van der Waals surface area contributed by atoms with Gasteiger partial charge in [-0.2, -0.15) is 0 Å². The van der Waals surface area contributed by atoms with Gasteiger partial charge < -0.3 is 24.6 Å². The summed E-state index contributed by atoms with van der Waals surface area (Å²) in [6, 6.07) is 10.2. The van der Waals surface area contributed by atoms with Crippen LogP contribution in [0.3, 0.4) is 0 Å². The van der Waals surface area contributed by atoms with Gasteiger partial charge in [-0.25, -0.2) is 18.4 Å². The number of hydrogen-bond acceptors (Lipinski definition) is 4. The minimum absolute atomic E-state index is 0.0176. The first-order valence-electron chi connectivity index (χ1n) is 13.1.